The van der Waals surface area contributed by atoms with Gasteiger partial charge in [0, 0.05) is 0 Å². The van der Waals surface area contributed by atoms with Crippen LogP contribution >= 0.6 is 11.6 Å². The maximum absolute atomic E-state index is 6.24. The Labute approximate surface area is 142 Å². The average Bonchev–Trinajstić information content (AvgIpc) is 2.56. The summed E-state index contributed by atoms with van der Waals surface area (Å²) in [6, 6.07) is 22.6. The summed E-state index contributed by atoms with van der Waals surface area (Å²) in [4.78, 5) is 0. The van der Waals surface area contributed by atoms with Gasteiger partial charge in [-0.3, -0.25) is 0 Å². The van der Waals surface area contributed by atoms with Gasteiger partial charge in [-0.25, -0.2) is 0 Å². The lowest BCUT2D eigenvalue weighted by molar-refractivity contribution is 0.305. The molecule has 0 spiro atoms. The Morgan fingerprint density at radius 3 is 2.39 bits per heavy atom. The van der Waals surface area contributed by atoms with Crippen molar-refractivity contribution < 1.29 is 4.74 Å². The van der Waals surface area contributed by atoms with Crippen LogP contribution < -0.4 is 4.74 Å². The van der Waals surface area contributed by atoms with E-state index in [0.29, 0.717) is 11.6 Å². The summed E-state index contributed by atoms with van der Waals surface area (Å²) < 4.78 is 5.92. The summed E-state index contributed by atoms with van der Waals surface area (Å²) in [5.74, 6) is 0.724. The van der Waals surface area contributed by atoms with Crippen LogP contribution in [-0.2, 0) is 6.61 Å². The van der Waals surface area contributed by atoms with Crippen molar-refractivity contribution in [3.8, 4) is 16.9 Å². The van der Waals surface area contributed by atoms with Gasteiger partial charge in [0.25, 0.3) is 0 Å². The van der Waals surface area contributed by atoms with Gasteiger partial charge in [-0.15, -0.1) is 0 Å². The molecular formula is C21H19ClO. The van der Waals surface area contributed by atoms with Crippen LogP contribution in [0.2, 0.25) is 5.02 Å². The number of benzene rings is 3. The van der Waals surface area contributed by atoms with Crippen LogP contribution in [0.4, 0.5) is 0 Å². The van der Waals surface area contributed by atoms with Crippen LogP contribution in [0.5, 0.6) is 5.75 Å². The highest BCUT2D eigenvalue weighted by Crippen LogP contribution is 2.29. The summed E-state index contributed by atoms with van der Waals surface area (Å²) in [5.41, 5.74) is 6.00. The second kappa shape index (κ2) is 6.89. The van der Waals surface area contributed by atoms with Gasteiger partial charge in [0.1, 0.15) is 12.4 Å². The van der Waals surface area contributed by atoms with Crippen LogP contribution in [-0.4, -0.2) is 0 Å². The maximum Gasteiger partial charge on any atom is 0.138 e. The minimum Gasteiger partial charge on any atom is -0.487 e. The van der Waals surface area contributed by atoms with E-state index in [-0.39, 0.29) is 0 Å². The number of aryl methyl sites for hydroxylation is 1. The molecular weight excluding hydrogens is 304 g/mol. The summed E-state index contributed by atoms with van der Waals surface area (Å²) in [6.07, 6.45) is 0. The molecule has 0 aromatic heterocycles. The Morgan fingerprint density at radius 1 is 0.870 bits per heavy atom. The molecule has 23 heavy (non-hydrogen) atoms. The zero-order valence-corrected chi connectivity index (χ0v) is 14.1. The van der Waals surface area contributed by atoms with Gasteiger partial charge in [-0.1, -0.05) is 66.2 Å². The lowest BCUT2D eigenvalue weighted by atomic mass is 9.97. The molecule has 2 heteroatoms. The predicted molar refractivity (Wildman–Crippen MR) is 97.1 cm³/mol. The standard InChI is InChI=1S/C21H19ClO/c1-15-11-12-21(20(22)13-15)23-14-18-9-6-10-19(16(18)2)17-7-4-3-5-8-17/h3-13H,14H2,1-2H3. The van der Waals surface area contributed by atoms with E-state index in [2.05, 4.69) is 49.4 Å². The van der Waals surface area contributed by atoms with E-state index < -0.39 is 0 Å². The molecule has 0 unspecified atom stereocenters. The lowest BCUT2D eigenvalue weighted by Gasteiger charge is -2.13. The molecule has 0 radical (unpaired) electrons. The molecule has 0 saturated carbocycles. The smallest absolute Gasteiger partial charge is 0.138 e. The molecule has 3 rings (SSSR count). The molecule has 0 aliphatic rings. The molecule has 0 saturated heterocycles. The Bertz CT molecular complexity index is 809. The molecule has 0 atom stereocenters. The second-order valence-corrected chi connectivity index (χ2v) is 6.09. The van der Waals surface area contributed by atoms with E-state index in [1.165, 1.54) is 22.3 Å². The third-order valence-corrected chi connectivity index (χ3v) is 4.30. The summed E-state index contributed by atoms with van der Waals surface area (Å²) in [7, 11) is 0. The maximum atomic E-state index is 6.24. The lowest BCUT2D eigenvalue weighted by Crippen LogP contribution is -1.99. The van der Waals surface area contributed by atoms with Crippen molar-refractivity contribution in [1.29, 1.82) is 0 Å². The minimum absolute atomic E-state index is 0.509. The van der Waals surface area contributed by atoms with Gasteiger partial charge in [0.2, 0.25) is 0 Å². The van der Waals surface area contributed by atoms with E-state index >= 15 is 0 Å². The molecule has 3 aromatic carbocycles. The van der Waals surface area contributed by atoms with Crippen LogP contribution in [0, 0.1) is 13.8 Å². The largest absolute Gasteiger partial charge is 0.487 e. The normalized spacial score (nSPS) is 10.6. The number of hydrogen-bond acceptors (Lipinski definition) is 1. The topological polar surface area (TPSA) is 9.23 Å². The number of rotatable bonds is 4. The first-order chi connectivity index (χ1) is 11.1. The summed E-state index contributed by atoms with van der Waals surface area (Å²) in [6.45, 7) is 4.66. The van der Waals surface area contributed by atoms with Crippen molar-refractivity contribution in [2.45, 2.75) is 20.5 Å². The second-order valence-electron chi connectivity index (χ2n) is 5.68. The first-order valence-electron chi connectivity index (χ1n) is 7.68. The third-order valence-electron chi connectivity index (χ3n) is 4.00. The van der Waals surface area contributed by atoms with Crippen LogP contribution in [0.1, 0.15) is 16.7 Å². The Kier molecular flexibility index (Phi) is 4.68. The average molecular weight is 323 g/mol. The highest BCUT2D eigenvalue weighted by molar-refractivity contribution is 6.32. The first kappa shape index (κ1) is 15.6. The first-order valence-corrected chi connectivity index (χ1v) is 8.06. The molecule has 116 valence electrons. The van der Waals surface area contributed by atoms with E-state index in [1.54, 1.807) is 0 Å². The fourth-order valence-corrected chi connectivity index (χ4v) is 2.94. The van der Waals surface area contributed by atoms with Crippen molar-refractivity contribution in [2.24, 2.45) is 0 Å². The van der Waals surface area contributed by atoms with Crippen LogP contribution in [0.25, 0.3) is 11.1 Å². The van der Waals surface area contributed by atoms with Gasteiger partial charge in [-0.2, -0.15) is 0 Å². The molecule has 0 amide bonds. The summed E-state index contributed by atoms with van der Waals surface area (Å²) >= 11 is 6.24. The molecule has 0 aliphatic heterocycles. The third kappa shape index (κ3) is 3.57. The Morgan fingerprint density at radius 2 is 1.65 bits per heavy atom. The van der Waals surface area contributed by atoms with Crippen molar-refractivity contribution in [3.05, 3.63) is 88.4 Å². The fraction of sp³-hybridized carbons (Fsp3) is 0.143. The van der Waals surface area contributed by atoms with Gasteiger partial charge in [0.15, 0.2) is 0 Å². The van der Waals surface area contributed by atoms with Crippen LogP contribution in [0.15, 0.2) is 66.7 Å². The number of halogens is 1. The van der Waals surface area contributed by atoms with Crippen molar-refractivity contribution >= 4 is 11.6 Å². The zero-order chi connectivity index (χ0) is 16.2. The molecule has 3 aromatic rings. The predicted octanol–water partition coefficient (Wildman–Crippen LogP) is 6.20. The zero-order valence-electron chi connectivity index (χ0n) is 13.3. The number of hydrogen-bond donors (Lipinski definition) is 0. The van der Waals surface area contributed by atoms with Crippen molar-refractivity contribution in [2.75, 3.05) is 0 Å². The monoisotopic (exact) mass is 322 g/mol. The van der Waals surface area contributed by atoms with E-state index in [1.807, 2.05) is 31.2 Å². The van der Waals surface area contributed by atoms with E-state index in [0.717, 1.165) is 11.3 Å². The Hall–Kier alpha value is -2.25. The van der Waals surface area contributed by atoms with Gasteiger partial charge < -0.3 is 4.74 Å². The summed E-state index contributed by atoms with van der Waals surface area (Å²) in [5, 5.41) is 0.655. The SMILES string of the molecule is Cc1ccc(OCc2cccc(-c3ccccc3)c2C)c(Cl)c1. The highest BCUT2D eigenvalue weighted by Gasteiger charge is 2.08. The quantitative estimate of drug-likeness (QED) is 0.555. The molecule has 0 aliphatic carbocycles. The minimum atomic E-state index is 0.509. The fourth-order valence-electron chi connectivity index (χ4n) is 2.65. The molecule has 0 fully saturated rings. The van der Waals surface area contributed by atoms with Gasteiger partial charge in [0.05, 0.1) is 5.02 Å². The Balaban J connectivity index is 1.84. The van der Waals surface area contributed by atoms with Crippen molar-refractivity contribution in [3.63, 3.8) is 0 Å². The molecule has 0 bridgehead atoms. The molecule has 1 nitrogen and oxygen atoms in total. The number of ether oxygens (including phenoxy) is 1. The van der Waals surface area contributed by atoms with Gasteiger partial charge in [-0.05, 0) is 53.8 Å². The molecule has 0 heterocycles. The van der Waals surface area contributed by atoms with Crippen molar-refractivity contribution in [1.82, 2.24) is 0 Å². The molecule has 0 N–H and O–H groups in total. The van der Waals surface area contributed by atoms with Gasteiger partial charge >= 0.3 is 0 Å². The van der Waals surface area contributed by atoms with E-state index in [9.17, 15) is 0 Å². The highest BCUT2D eigenvalue weighted by atomic mass is 35.5. The van der Waals surface area contributed by atoms with Crippen LogP contribution in [0.3, 0.4) is 0 Å². The van der Waals surface area contributed by atoms with E-state index in [4.69, 9.17) is 16.3 Å².